The summed E-state index contributed by atoms with van der Waals surface area (Å²) in [6.45, 7) is 3.46. The molecule has 1 amide bonds. The number of nitrogens with one attached hydrogen (secondary N) is 1. The highest BCUT2D eigenvalue weighted by Gasteiger charge is 2.18. The maximum Gasteiger partial charge on any atom is 0.263 e. The van der Waals surface area contributed by atoms with Gasteiger partial charge in [0.05, 0.1) is 0 Å². The van der Waals surface area contributed by atoms with Crippen molar-refractivity contribution in [1.82, 2.24) is 9.97 Å². The first-order valence-electron chi connectivity index (χ1n) is 5.55. The van der Waals surface area contributed by atoms with E-state index >= 15 is 0 Å². The third-order valence-electron chi connectivity index (χ3n) is 2.40. The summed E-state index contributed by atoms with van der Waals surface area (Å²) in [5.41, 5.74) is 0.652. The average molecular weight is 263 g/mol. The zero-order chi connectivity index (χ0) is 14.0. The zero-order valence-electron chi connectivity index (χ0n) is 10.4. The lowest BCUT2D eigenvalue weighted by molar-refractivity contribution is 0.101. The molecule has 0 unspecified atom stereocenters. The van der Waals surface area contributed by atoms with Crippen molar-refractivity contribution < 1.29 is 13.6 Å². The Hall–Kier alpha value is -2.37. The number of hydrogen-bond acceptors (Lipinski definition) is 3. The summed E-state index contributed by atoms with van der Waals surface area (Å²) in [6.07, 6.45) is 0. The van der Waals surface area contributed by atoms with Crippen molar-refractivity contribution in [3.8, 4) is 0 Å². The minimum absolute atomic E-state index is 0.0187. The average Bonchev–Trinajstić information content (AvgIpc) is 2.26. The van der Waals surface area contributed by atoms with Crippen molar-refractivity contribution >= 4 is 11.9 Å². The van der Waals surface area contributed by atoms with Crippen LogP contribution < -0.4 is 5.32 Å². The van der Waals surface area contributed by atoms with Crippen molar-refractivity contribution in [1.29, 1.82) is 0 Å². The predicted molar refractivity (Wildman–Crippen MR) is 65.8 cm³/mol. The number of anilines is 1. The van der Waals surface area contributed by atoms with E-state index in [1.165, 1.54) is 6.07 Å². The number of rotatable bonds is 2. The molecular formula is C13H11F2N3O. The molecule has 19 heavy (non-hydrogen) atoms. The van der Waals surface area contributed by atoms with Crippen molar-refractivity contribution in [2.75, 3.05) is 5.32 Å². The summed E-state index contributed by atoms with van der Waals surface area (Å²) in [5.74, 6) is -2.76. The molecule has 1 aromatic heterocycles. The van der Waals surface area contributed by atoms with Crippen LogP contribution in [-0.2, 0) is 0 Å². The second-order valence-electron chi connectivity index (χ2n) is 4.03. The van der Waals surface area contributed by atoms with Crippen LogP contribution in [0.1, 0.15) is 21.7 Å². The van der Waals surface area contributed by atoms with Gasteiger partial charge >= 0.3 is 0 Å². The van der Waals surface area contributed by atoms with Gasteiger partial charge in [0.2, 0.25) is 5.95 Å². The summed E-state index contributed by atoms with van der Waals surface area (Å²) >= 11 is 0. The van der Waals surface area contributed by atoms with Gasteiger partial charge in [0.25, 0.3) is 5.91 Å². The summed E-state index contributed by atoms with van der Waals surface area (Å²) in [4.78, 5) is 19.7. The van der Waals surface area contributed by atoms with E-state index < -0.39 is 23.1 Å². The molecular weight excluding hydrogens is 252 g/mol. The molecule has 1 heterocycles. The Morgan fingerprint density at radius 1 is 1.11 bits per heavy atom. The van der Waals surface area contributed by atoms with Gasteiger partial charge in [0.1, 0.15) is 17.2 Å². The van der Waals surface area contributed by atoms with E-state index in [9.17, 15) is 13.6 Å². The number of aromatic nitrogens is 2. The van der Waals surface area contributed by atoms with Crippen molar-refractivity contribution in [3.63, 3.8) is 0 Å². The molecule has 1 N–H and O–H groups in total. The fourth-order valence-corrected chi connectivity index (χ4v) is 1.66. The van der Waals surface area contributed by atoms with Gasteiger partial charge < -0.3 is 0 Å². The van der Waals surface area contributed by atoms with E-state index in [1.807, 2.05) is 0 Å². The Bertz CT molecular complexity index is 603. The molecule has 0 aliphatic carbocycles. The molecule has 6 heteroatoms. The molecule has 2 rings (SSSR count). The minimum Gasteiger partial charge on any atom is -0.290 e. The van der Waals surface area contributed by atoms with Gasteiger partial charge in [-0.25, -0.2) is 18.7 Å². The fourth-order valence-electron chi connectivity index (χ4n) is 1.66. The predicted octanol–water partition coefficient (Wildman–Crippen LogP) is 2.62. The highest BCUT2D eigenvalue weighted by Crippen LogP contribution is 2.14. The number of halogens is 2. The Morgan fingerprint density at radius 3 is 2.16 bits per heavy atom. The first kappa shape index (κ1) is 13.1. The van der Waals surface area contributed by atoms with E-state index in [1.54, 1.807) is 19.9 Å². The van der Waals surface area contributed by atoms with Gasteiger partial charge in [-0.3, -0.25) is 10.1 Å². The molecule has 0 aliphatic rings. The van der Waals surface area contributed by atoms with E-state index in [0.717, 1.165) is 12.1 Å². The summed E-state index contributed by atoms with van der Waals surface area (Å²) in [6, 6.07) is 4.94. The number of nitrogens with zero attached hydrogens (tertiary/aromatic N) is 2. The maximum atomic E-state index is 13.4. The largest absolute Gasteiger partial charge is 0.290 e. The lowest BCUT2D eigenvalue weighted by Crippen LogP contribution is -2.18. The van der Waals surface area contributed by atoms with Crippen LogP contribution in [0, 0.1) is 25.5 Å². The Morgan fingerprint density at radius 2 is 1.63 bits per heavy atom. The number of hydrogen-bond donors (Lipinski definition) is 1. The van der Waals surface area contributed by atoms with Crippen molar-refractivity contribution in [3.05, 3.63) is 52.9 Å². The first-order chi connectivity index (χ1) is 8.97. The molecule has 2 aromatic rings. The van der Waals surface area contributed by atoms with E-state index in [-0.39, 0.29) is 5.95 Å². The summed E-state index contributed by atoms with van der Waals surface area (Å²) in [5, 5.41) is 2.28. The molecule has 4 nitrogen and oxygen atoms in total. The second kappa shape index (κ2) is 5.09. The van der Waals surface area contributed by atoms with E-state index in [4.69, 9.17) is 0 Å². The fraction of sp³-hybridized carbons (Fsp3) is 0.154. The van der Waals surface area contributed by atoms with E-state index in [0.29, 0.717) is 11.4 Å². The molecule has 0 fully saturated rings. The highest BCUT2D eigenvalue weighted by molar-refractivity contribution is 6.03. The number of benzene rings is 1. The van der Waals surface area contributed by atoms with Crippen LogP contribution in [0.25, 0.3) is 0 Å². The molecule has 0 radical (unpaired) electrons. The molecule has 1 aromatic carbocycles. The monoisotopic (exact) mass is 263 g/mol. The Labute approximate surface area is 108 Å². The van der Waals surface area contributed by atoms with Crippen LogP contribution in [0.3, 0.4) is 0 Å². The SMILES string of the molecule is Cc1cc(C)nc(NC(=O)c2c(F)cccc2F)n1. The molecule has 0 aliphatic heterocycles. The van der Waals surface area contributed by atoms with Gasteiger partial charge in [-0.1, -0.05) is 6.07 Å². The number of amides is 1. The maximum absolute atomic E-state index is 13.4. The van der Waals surface area contributed by atoms with Gasteiger partial charge in [-0.2, -0.15) is 0 Å². The topological polar surface area (TPSA) is 54.9 Å². The number of carbonyl (C=O) groups is 1. The second-order valence-corrected chi connectivity index (χ2v) is 4.03. The summed E-state index contributed by atoms with van der Waals surface area (Å²) < 4.78 is 26.8. The Kier molecular flexibility index (Phi) is 3.50. The normalized spacial score (nSPS) is 10.3. The molecule has 0 spiro atoms. The van der Waals surface area contributed by atoms with Crippen molar-refractivity contribution in [2.24, 2.45) is 0 Å². The highest BCUT2D eigenvalue weighted by atomic mass is 19.1. The lowest BCUT2D eigenvalue weighted by atomic mass is 10.2. The minimum atomic E-state index is -0.929. The lowest BCUT2D eigenvalue weighted by Gasteiger charge is -2.07. The van der Waals surface area contributed by atoms with Crippen LogP contribution in [0.5, 0.6) is 0 Å². The van der Waals surface area contributed by atoms with Gasteiger partial charge in [0.15, 0.2) is 0 Å². The molecule has 0 bridgehead atoms. The zero-order valence-corrected chi connectivity index (χ0v) is 10.4. The molecule has 0 saturated heterocycles. The molecule has 98 valence electrons. The third-order valence-corrected chi connectivity index (χ3v) is 2.40. The third kappa shape index (κ3) is 2.90. The first-order valence-corrected chi connectivity index (χ1v) is 5.55. The van der Waals surface area contributed by atoms with Crippen LogP contribution in [0.15, 0.2) is 24.3 Å². The van der Waals surface area contributed by atoms with Gasteiger partial charge in [0, 0.05) is 11.4 Å². The molecule has 0 saturated carbocycles. The molecule has 0 atom stereocenters. The van der Waals surface area contributed by atoms with Crippen LogP contribution in [0.4, 0.5) is 14.7 Å². The number of carbonyl (C=O) groups excluding carboxylic acids is 1. The van der Waals surface area contributed by atoms with E-state index in [2.05, 4.69) is 15.3 Å². The van der Waals surface area contributed by atoms with Crippen LogP contribution in [-0.4, -0.2) is 15.9 Å². The Balaban J connectivity index is 2.31. The van der Waals surface area contributed by atoms with Gasteiger partial charge in [-0.05, 0) is 32.0 Å². The smallest absolute Gasteiger partial charge is 0.263 e. The van der Waals surface area contributed by atoms with Gasteiger partial charge in [-0.15, -0.1) is 0 Å². The standard InChI is InChI=1S/C13H11F2N3O/c1-7-6-8(2)17-13(16-7)18-12(19)11-9(14)4-3-5-10(11)15/h3-6H,1-2H3,(H,16,17,18,19). The van der Waals surface area contributed by atoms with Crippen LogP contribution in [0.2, 0.25) is 0 Å². The quantitative estimate of drug-likeness (QED) is 0.906. The summed E-state index contributed by atoms with van der Waals surface area (Å²) in [7, 11) is 0. The van der Waals surface area contributed by atoms with Crippen molar-refractivity contribution in [2.45, 2.75) is 13.8 Å². The number of aryl methyl sites for hydroxylation is 2. The van der Waals surface area contributed by atoms with Crippen LogP contribution >= 0.6 is 0 Å².